The molecule has 11 heavy (non-hydrogen) atoms. The summed E-state index contributed by atoms with van der Waals surface area (Å²) in [7, 11) is 0. The monoisotopic (exact) mass is 154 g/mol. The second-order valence-electron chi connectivity index (χ2n) is 3.10. The average Bonchev–Trinajstić information content (AvgIpc) is 2.68. The maximum absolute atomic E-state index is 10.5. The van der Waals surface area contributed by atoms with Gasteiger partial charge in [0.25, 0.3) is 0 Å². The molecule has 0 aromatic heterocycles. The second kappa shape index (κ2) is 2.22. The molecule has 0 radical (unpaired) electrons. The molecular formula is C7H10N2O2. The van der Waals surface area contributed by atoms with Gasteiger partial charge in [-0.2, -0.15) is 5.10 Å². The summed E-state index contributed by atoms with van der Waals surface area (Å²) in [5.41, 5.74) is 3.67. The van der Waals surface area contributed by atoms with Crippen molar-refractivity contribution < 1.29 is 9.90 Å². The summed E-state index contributed by atoms with van der Waals surface area (Å²) in [6.45, 7) is 0. The molecule has 1 fully saturated rings. The Hall–Kier alpha value is -1.06. The van der Waals surface area contributed by atoms with E-state index in [1.807, 2.05) is 0 Å². The molecule has 60 valence electrons. The number of nitrogens with one attached hydrogen (secondary N) is 1. The lowest BCUT2D eigenvalue weighted by molar-refractivity contribution is -0.139. The lowest BCUT2D eigenvalue weighted by Crippen LogP contribution is -2.29. The van der Waals surface area contributed by atoms with E-state index in [4.69, 9.17) is 5.11 Å². The topological polar surface area (TPSA) is 61.7 Å². The summed E-state index contributed by atoms with van der Waals surface area (Å²) in [6, 6.07) is -0.467. The van der Waals surface area contributed by atoms with E-state index in [2.05, 4.69) is 10.5 Å². The van der Waals surface area contributed by atoms with Crippen LogP contribution < -0.4 is 5.43 Å². The molecule has 4 heteroatoms. The van der Waals surface area contributed by atoms with Gasteiger partial charge in [0.05, 0.1) is 0 Å². The molecule has 1 heterocycles. The van der Waals surface area contributed by atoms with E-state index < -0.39 is 12.0 Å². The highest BCUT2D eigenvalue weighted by Gasteiger charge is 2.34. The van der Waals surface area contributed by atoms with E-state index in [1.54, 1.807) is 0 Å². The highest BCUT2D eigenvalue weighted by Crippen LogP contribution is 2.33. The van der Waals surface area contributed by atoms with Crippen molar-refractivity contribution in [3.05, 3.63) is 0 Å². The minimum Gasteiger partial charge on any atom is -0.480 e. The average molecular weight is 154 g/mol. The number of carbonyl (C=O) groups is 1. The van der Waals surface area contributed by atoms with Crippen LogP contribution in [0.15, 0.2) is 5.10 Å². The molecule has 2 aliphatic rings. The maximum Gasteiger partial charge on any atom is 0.328 e. The number of hydrazone groups is 1. The summed E-state index contributed by atoms with van der Waals surface area (Å²) < 4.78 is 0. The number of rotatable bonds is 2. The van der Waals surface area contributed by atoms with Crippen molar-refractivity contribution in [1.29, 1.82) is 0 Å². The third-order valence-electron chi connectivity index (χ3n) is 2.12. The van der Waals surface area contributed by atoms with Crippen LogP contribution in [0.25, 0.3) is 0 Å². The number of aliphatic carboxylic acids is 1. The molecule has 0 aromatic carbocycles. The molecule has 1 unspecified atom stereocenters. The molecule has 0 aromatic rings. The van der Waals surface area contributed by atoms with Gasteiger partial charge in [-0.25, -0.2) is 4.79 Å². The zero-order chi connectivity index (χ0) is 7.84. The zero-order valence-corrected chi connectivity index (χ0v) is 6.08. The van der Waals surface area contributed by atoms with Crippen molar-refractivity contribution in [2.24, 2.45) is 11.0 Å². The molecule has 1 aliphatic heterocycles. The molecule has 0 saturated heterocycles. The van der Waals surface area contributed by atoms with Gasteiger partial charge in [-0.1, -0.05) is 0 Å². The molecule has 0 amide bonds. The predicted octanol–water partition coefficient (Wildman–Crippen LogP) is 0.199. The van der Waals surface area contributed by atoms with Crippen LogP contribution in [0.2, 0.25) is 0 Å². The molecule has 1 saturated carbocycles. The summed E-state index contributed by atoms with van der Waals surface area (Å²) in [5.74, 6) is -0.212. The van der Waals surface area contributed by atoms with E-state index in [9.17, 15) is 4.79 Å². The summed E-state index contributed by atoms with van der Waals surface area (Å²) in [4.78, 5) is 10.5. The van der Waals surface area contributed by atoms with Crippen LogP contribution >= 0.6 is 0 Å². The van der Waals surface area contributed by atoms with Gasteiger partial charge in [-0.05, 0) is 18.8 Å². The van der Waals surface area contributed by atoms with Crippen molar-refractivity contribution >= 4 is 11.7 Å². The van der Waals surface area contributed by atoms with Crippen LogP contribution in [0, 0.1) is 5.92 Å². The molecular weight excluding hydrogens is 144 g/mol. The Balaban J connectivity index is 1.94. The smallest absolute Gasteiger partial charge is 0.328 e. The van der Waals surface area contributed by atoms with Gasteiger partial charge in [0.2, 0.25) is 0 Å². The molecule has 2 N–H and O–H groups in total. The Morgan fingerprint density at radius 3 is 2.82 bits per heavy atom. The second-order valence-corrected chi connectivity index (χ2v) is 3.10. The summed E-state index contributed by atoms with van der Waals surface area (Å²) >= 11 is 0. The minimum absolute atomic E-state index is 0.467. The van der Waals surface area contributed by atoms with E-state index in [1.165, 1.54) is 12.8 Å². The molecule has 1 aliphatic carbocycles. The van der Waals surface area contributed by atoms with Crippen LogP contribution in [0.4, 0.5) is 0 Å². The first-order valence-electron chi connectivity index (χ1n) is 3.82. The van der Waals surface area contributed by atoms with E-state index in [0.717, 1.165) is 5.71 Å². The van der Waals surface area contributed by atoms with Crippen molar-refractivity contribution in [1.82, 2.24) is 5.43 Å². The fourth-order valence-corrected chi connectivity index (χ4v) is 1.28. The Kier molecular flexibility index (Phi) is 1.34. The quantitative estimate of drug-likeness (QED) is 0.597. The number of carboxylic acid groups (broad SMARTS) is 1. The van der Waals surface area contributed by atoms with E-state index in [-0.39, 0.29) is 0 Å². The molecule has 4 nitrogen and oxygen atoms in total. The largest absolute Gasteiger partial charge is 0.480 e. The highest BCUT2D eigenvalue weighted by molar-refractivity contribution is 5.94. The van der Waals surface area contributed by atoms with Gasteiger partial charge in [-0.3, -0.25) is 5.43 Å². The number of nitrogens with zero attached hydrogens (tertiary/aromatic N) is 1. The van der Waals surface area contributed by atoms with Crippen LogP contribution in [-0.4, -0.2) is 22.8 Å². The first-order chi connectivity index (χ1) is 5.27. The fraction of sp³-hybridized carbons (Fsp3) is 0.714. The van der Waals surface area contributed by atoms with Gasteiger partial charge >= 0.3 is 5.97 Å². The zero-order valence-electron chi connectivity index (χ0n) is 6.08. The molecule has 2 rings (SSSR count). The lowest BCUT2D eigenvalue weighted by atomic mass is 10.1. The number of hydrogen-bond acceptors (Lipinski definition) is 3. The van der Waals surface area contributed by atoms with Crippen molar-refractivity contribution in [3.63, 3.8) is 0 Å². The third kappa shape index (κ3) is 1.20. The van der Waals surface area contributed by atoms with Gasteiger partial charge in [0.15, 0.2) is 0 Å². The Morgan fingerprint density at radius 2 is 2.36 bits per heavy atom. The van der Waals surface area contributed by atoms with E-state index in [0.29, 0.717) is 12.3 Å². The van der Waals surface area contributed by atoms with Gasteiger partial charge in [0.1, 0.15) is 6.04 Å². The minimum atomic E-state index is -0.801. The number of hydrogen-bond donors (Lipinski definition) is 2. The first-order valence-corrected chi connectivity index (χ1v) is 3.82. The first kappa shape index (κ1) is 6.64. The Morgan fingerprint density at radius 1 is 1.64 bits per heavy atom. The standard InChI is InChI=1S/C7H10N2O2/c10-7(11)6-3-5(8-9-6)4-1-2-4/h4,6,9H,1-3H2,(H,10,11). The normalized spacial score (nSPS) is 29.5. The van der Waals surface area contributed by atoms with Gasteiger partial charge < -0.3 is 5.11 Å². The van der Waals surface area contributed by atoms with E-state index >= 15 is 0 Å². The van der Waals surface area contributed by atoms with Crippen LogP contribution in [-0.2, 0) is 4.79 Å². The SMILES string of the molecule is O=C(O)C1CC(C2CC2)=NN1. The Labute approximate surface area is 64.3 Å². The van der Waals surface area contributed by atoms with Crippen molar-refractivity contribution in [2.75, 3.05) is 0 Å². The predicted molar refractivity (Wildman–Crippen MR) is 39.3 cm³/mol. The fourth-order valence-electron chi connectivity index (χ4n) is 1.28. The maximum atomic E-state index is 10.5. The lowest BCUT2D eigenvalue weighted by Gasteiger charge is -2.00. The highest BCUT2D eigenvalue weighted by atomic mass is 16.4. The van der Waals surface area contributed by atoms with Gasteiger partial charge in [0, 0.05) is 12.1 Å². The van der Waals surface area contributed by atoms with Crippen LogP contribution in [0.5, 0.6) is 0 Å². The van der Waals surface area contributed by atoms with Gasteiger partial charge in [-0.15, -0.1) is 0 Å². The van der Waals surface area contributed by atoms with Crippen molar-refractivity contribution in [3.8, 4) is 0 Å². The summed E-state index contributed by atoms with van der Waals surface area (Å²) in [6.07, 6.45) is 2.97. The Bertz CT molecular complexity index is 220. The molecule has 0 bridgehead atoms. The molecule has 0 spiro atoms. The summed E-state index contributed by atoms with van der Waals surface area (Å²) in [5, 5.41) is 12.6. The molecule has 1 atom stereocenters. The van der Waals surface area contributed by atoms with Crippen molar-refractivity contribution in [2.45, 2.75) is 25.3 Å². The van der Waals surface area contributed by atoms with Crippen LogP contribution in [0.3, 0.4) is 0 Å². The third-order valence-corrected chi connectivity index (χ3v) is 2.12. The number of carboxylic acids is 1. The van der Waals surface area contributed by atoms with Crippen LogP contribution in [0.1, 0.15) is 19.3 Å².